The molecule has 200 valence electrons. The maximum absolute atomic E-state index is 13.7. The maximum atomic E-state index is 13.7. The third kappa shape index (κ3) is 4.96. The molecule has 39 heavy (non-hydrogen) atoms. The first-order chi connectivity index (χ1) is 18.8. The van der Waals surface area contributed by atoms with Crippen LogP contribution >= 0.6 is 15.9 Å². The number of carbonyl (C=O) groups excluding carboxylic acids is 2. The molecule has 1 heterocycles. The van der Waals surface area contributed by atoms with Crippen LogP contribution in [0.25, 0.3) is 5.70 Å². The highest BCUT2D eigenvalue weighted by Crippen LogP contribution is 2.49. The summed E-state index contributed by atoms with van der Waals surface area (Å²) in [5.74, 6) is -0.728. The van der Waals surface area contributed by atoms with Crippen LogP contribution in [0.3, 0.4) is 0 Å². The molecule has 0 aromatic heterocycles. The number of ketones is 1. The van der Waals surface area contributed by atoms with Crippen molar-refractivity contribution in [3.63, 3.8) is 0 Å². The fraction of sp³-hybridized carbons (Fsp3) is 0.226. The summed E-state index contributed by atoms with van der Waals surface area (Å²) in [6.07, 6.45) is 0. The van der Waals surface area contributed by atoms with Crippen molar-refractivity contribution in [1.82, 2.24) is 5.32 Å². The van der Waals surface area contributed by atoms with Gasteiger partial charge >= 0.3 is 5.97 Å². The lowest BCUT2D eigenvalue weighted by Crippen LogP contribution is -2.29. The summed E-state index contributed by atoms with van der Waals surface area (Å²) in [7, 11) is 0. The molecule has 0 spiro atoms. The fourth-order valence-corrected chi connectivity index (χ4v) is 5.61. The number of rotatable bonds is 8. The number of Topliss-reactive ketones (excluding diaryl/α,β-unsaturated/α-hetero) is 1. The lowest BCUT2D eigenvalue weighted by molar-refractivity contribution is -0.138. The predicted molar refractivity (Wildman–Crippen MR) is 149 cm³/mol. The van der Waals surface area contributed by atoms with Gasteiger partial charge in [-0.05, 0) is 72.1 Å². The monoisotopic (exact) mass is 591 g/mol. The Kier molecular flexibility index (Phi) is 7.57. The van der Waals surface area contributed by atoms with Crippen molar-refractivity contribution in [3.05, 3.63) is 110 Å². The van der Waals surface area contributed by atoms with Crippen LogP contribution in [-0.4, -0.2) is 25.0 Å². The van der Waals surface area contributed by atoms with E-state index in [1.807, 2.05) is 38.1 Å². The van der Waals surface area contributed by atoms with Gasteiger partial charge in [0.2, 0.25) is 0 Å². The highest BCUT2D eigenvalue weighted by molar-refractivity contribution is 9.10. The highest BCUT2D eigenvalue weighted by Gasteiger charge is 2.43. The number of allylic oxidation sites excluding steroid dienone is 2. The van der Waals surface area contributed by atoms with E-state index in [0.29, 0.717) is 56.2 Å². The molecule has 0 amide bonds. The van der Waals surface area contributed by atoms with Crippen molar-refractivity contribution in [2.75, 3.05) is 13.2 Å². The van der Waals surface area contributed by atoms with Crippen LogP contribution in [0.4, 0.5) is 4.39 Å². The normalized spacial score (nSPS) is 16.0. The molecule has 0 radical (unpaired) electrons. The molecule has 1 aliphatic carbocycles. The van der Waals surface area contributed by atoms with Gasteiger partial charge in [-0.15, -0.1) is 0 Å². The quantitative estimate of drug-likeness (QED) is 0.294. The van der Waals surface area contributed by atoms with Crippen LogP contribution in [-0.2, 0) is 16.1 Å². The molecule has 0 saturated carbocycles. The summed E-state index contributed by atoms with van der Waals surface area (Å²) in [6.45, 7) is 6.19. The van der Waals surface area contributed by atoms with Gasteiger partial charge in [0, 0.05) is 28.3 Å². The van der Waals surface area contributed by atoms with Gasteiger partial charge in [0.1, 0.15) is 12.4 Å². The molecule has 1 atom stereocenters. The summed E-state index contributed by atoms with van der Waals surface area (Å²) in [6, 6.07) is 17.1. The van der Waals surface area contributed by atoms with Crippen LogP contribution < -0.4 is 14.8 Å². The lowest BCUT2D eigenvalue weighted by Gasteiger charge is -2.30. The van der Waals surface area contributed by atoms with Gasteiger partial charge in [-0.3, -0.25) is 4.79 Å². The van der Waals surface area contributed by atoms with E-state index < -0.39 is 11.9 Å². The van der Waals surface area contributed by atoms with Gasteiger partial charge in [-0.2, -0.15) is 0 Å². The standard InChI is InChI=1S/C31H27BrFNO5/c1-4-37-24-15-19(14-23(32)30(24)39-16-18-10-12-20(33)13-11-18)26-25(31(36)38-5-2)17(3)34-28-21-8-6-7-9-22(21)29(35)27(26)28/h6-15,26,34H,4-5,16H2,1-3H3/t26-/m0/s1. The molecule has 1 N–H and O–H groups in total. The van der Waals surface area contributed by atoms with E-state index in [1.54, 1.807) is 31.2 Å². The zero-order valence-electron chi connectivity index (χ0n) is 21.8. The van der Waals surface area contributed by atoms with Crippen LogP contribution in [0, 0.1) is 5.82 Å². The number of hydrogen-bond donors (Lipinski definition) is 1. The molecule has 2 aliphatic rings. The fourth-order valence-electron chi connectivity index (χ4n) is 5.04. The summed E-state index contributed by atoms with van der Waals surface area (Å²) in [5.41, 5.74) is 5.02. The van der Waals surface area contributed by atoms with Crippen LogP contribution in [0.2, 0.25) is 0 Å². The van der Waals surface area contributed by atoms with E-state index in [0.717, 1.165) is 11.1 Å². The number of esters is 1. The molecular formula is C31H27BrFNO5. The van der Waals surface area contributed by atoms with E-state index in [2.05, 4.69) is 21.2 Å². The molecule has 6 nitrogen and oxygen atoms in total. The minimum Gasteiger partial charge on any atom is -0.490 e. The average molecular weight is 592 g/mol. The van der Waals surface area contributed by atoms with Gasteiger partial charge in [0.15, 0.2) is 17.3 Å². The summed E-state index contributed by atoms with van der Waals surface area (Å²) >= 11 is 3.62. The molecular weight excluding hydrogens is 565 g/mol. The minimum absolute atomic E-state index is 0.141. The molecule has 0 fully saturated rings. The van der Waals surface area contributed by atoms with E-state index in [1.165, 1.54) is 12.1 Å². The zero-order valence-corrected chi connectivity index (χ0v) is 23.4. The number of halogens is 2. The first-order valence-corrected chi connectivity index (χ1v) is 13.5. The highest BCUT2D eigenvalue weighted by atomic mass is 79.9. The molecule has 0 bridgehead atoms. The number of dihydropyridines is 1. The van der Waals surface area contributed by atoms with E-state index in [-0.39, 0.29) is 24.8 Å². The first kappa shape index (κ1) is 26.7. The summed E-state index contributed by atoms with van der Waals surface area (Å²) in [5, 5.41) is 3.31. The number of benzene rings is 3. The van der Waals surface area contributed by atoms with Gasteiger partial charge in [0.05, 0.1) is 29.0 Å². The van der Waals surface area contributed by atoms with Gasteiger partial charge in [-0.1, -0.05) is 36.4 Å². The van der Waals surface area contributed by atoms with Crippen LogP contribution in [0.5, 0.6) is 11.5 Å². The molecule has 3 aromatic rings. The Balaban J connectivity index is 1.61. The van der Waals surface area contributed by atoms with E-state index in [4.69, 9.17) is 14.2 Å². The number of nitrogens with one attached hydrogen (secondary N) is 1. The number of fused-ring (bicyclic) bond motifs is 2. The number of hydrogen-bond acceptors (Lipinski definition) is 6. The largest absolute Gasteiger partial charge is 0.490 e. The van der Waals surface area contributed by atoms with Gasteiger partial charge in [0.25, 0.3) is 0 Å². The number of carbonyl (C=O) groups is 2. The topological polar surface area (TPSA) is 73.9 Å². The Morgan fingerprint density at radius 3 is 2.41 bits per heavy atom. The Hall–Kier alpha value is -3.91. The first-order valence-electron chi connectivity index (χ1n) is 12.7. The van der Waals surface area contributed by atoms with E-state index in [9.17, 15) is 14.0 Å². The smallest absolute Gasteiger partial charge is 0.336 e. The maximum Gasteiger partial charge on any atom is 0.336 e. The second-order valence-corrected chi connectivity index (χ2v) is 10.0. The van der Waals surface area contributed by atoms with Crippen molar-refractivity contribution >= 4 is 33.4 Å². The second kappa shape index (κ2) is 11.1. The average Bonchev–Trinajstić information content (AvgIpc) is 3.20. The molecule has 0 saturated heterocycles. The molecule has 0 unspecified atom stereocenters. The second-order valence-electron chi connectivity index (χ2n) is 9.16. The van der Waals surface area contributed by atoms with Crippen molar-refractivity contribution in [3.8, 4) is 11.5 Å². The van der Waals surface area contributed by atoms with Gasteiger partial charge < -0.3 is 19.5 Å². The Morgan fingerprint density at radius 2 is 1.72 bits per heavy atom. The zero-order chi connectivity index (χ0) is 27.7. The molecule has 5 rings (SSSR count). The van der Waals surface area contributed by atoms with Crippen molar-refractivity contribution in [2.24, 2.45) is 0 Å². The Labute approximate surface area is 234 Å². The molecule has 1 aliphatic heterocycles. The third-order valence-electron chi connectivity index (χ3n) is 6.71. The Morgan fingerprint density at radius 1 is 1.00 bits per heavy atom. The predicted octanol–water partition coefficient (Wildman–Crippen LogP) is 6.70. The van der Waals surface area contributed by atoms with Crippen molar-refractivity contribution < 1.29 is 28.2 Å². The van der Waals surface area contributed by atoms with E-state index >= 15 is 0 Å². The third-order valence-corrected chi connectivity index (χ3v) is 7.29. The van der Waals surface area contributed by atoms with Crippen molar-refractivity contribution in [2.45, 2.75) is 33.3 Å². The van der Waals surface area contributed by atoms with Crippen LogP contribution in [0.15, 0.2) is 82.0 Å². The number of ether oxygens (including phenoxy) is 3. The summed E-state index contributed by atoms with van der Waals surface area (Å²) in [4.78, 5) is 27.0. The SMILES string of the molecule is CCOC(=O)C1=C(C)NC2=C(C(=O)c3ccccc32)[C@H]1c1cc(Br)c(OCc2ccc(F)cc2)c(OCC)c1. The summed E-state index contributed by atoms with van der Waals surface area (Å²) < 4.78 is 31.4. The van der Waals surface area contributed by atoms with Crippen LogP contribution in [0.1, 0.15) is 53.7 Å². The molecule has 3 aromatic carbocycles. The van der Waals surface area contributed by atoms with Crippen molar-refractivity contribution in [1.29, 1.82) is 0 Å². The minimum atomic E-state index is -0.693. The Bertz CT molecular complexity index is 1530. The lowest BCUT2D eigenvalue weighted by atomic mass is 9.79. The molecule has 8 heteroatoms. The van der Waals surface area contributed by atoms with Gasteiger partial charge in [-0.25, -0.2) is 9.18 Å².